The number of fused-ring (bicyclic) bond motifs is 1. The Kier molecular flexibility index (Phi) is 9.98. The van der Waals surface area contributed by atoms with Crippen LogP contribution in [0.4, 0.5) is 11.5 Å². The molecule has 3 aromatic rings. The molecule has 2 aliphatic heterocycles. The van der Waals surface area contributed by atoms with Gasteiger partial charge in [-0.3, -0.25) is 4.79 Å². The Hall–Kier alpha value is -2.53. The SMILES string of the molecule is CC.CCNC1CN(c2nc3cc(C4CCCCN4C(=O)c4cc(Cl)ccc4NSC)nn3cc2C)CC1O. The third kappa shape index (κ3) is 6.29. The van der Waals surface area contributed by atoms with E-state index in [-0.39, 0.29) is 18.0 Å². The summed E-state index contributed by atoms with van der Waals surface area (Å²) in [5.74, 6) is 0.813. The first-order valence-electron chi connectivity index (χ1n) is 13.8. The highest BCUT2D eigenvalue weighted by molar-refractivity contribution is 7.99. The van der Waals surface area contributed by atoms with Gasteiger partial charge in [0.15, 0.2) is 5.65 Å². The van der Waals surface area contributed by atoms with Gasteiger partial charge in [0.25, 0.3) is 5.91 Å². The lowest BCUT2D eigenvalue weighted by atomic mass is 9.98. The minimum Gasteiger partial charge on any atom is -0.390 e. The molecule has 11 heteroatoms. The molecule has 9 nitrogen and oxygen atoms in total. The summed E-state index contributed by atoms with van der Waals surface area (Å²) in [5.41, 5.74) is 3.89. The van der Waals surface area contributed by atoms with Crippen LogP contribution in [0.5, 0.6) is 0 Å². The van der Waals surface area contributed by atoms with Gasteiger partial charge in [0.2, 0.25) is 0 Å². The Morgan fingerprint density at radius 1 is 1.23 bits per heavy atom. The molecular formula is C28H40ClN7O2S. The van der Waals surface area contributed by atoms with E-state index in [0.717, 1.165) is 54.2 Å². The molecule has 3 N–H and O–H groups in total. The molecule has 39 heavy (non-hydrogen) atoms. The van der Waals surface area contributed by atoms with Crippen molar-refractivity contribution in [3.8, 4) is 0 Å². The average Bonchev–Trinajstić information content (AvgIpc) is 3.52. The van der Waals surface area contributed by atoms with Gasteiger partial charge in [0.05, 0.1) is 35.1 Å². The van der Waals surface area contributed by atoms with Crippen molar-refractivity contribution in [3.63, 3.8) is 0 Å². The molecule has 2 saturated heterocycles. The smallest absolute Gasteiger partial charge is 0.256 e. The first-order chi connectivity index (χ1) is 18.9. The third-order valence-corrected chi connectivity index (χ3v) is 7.87. The summed E-state index contributed by atoms with van der Waals surface area (Å²) in [7, 11) is 0. The molecule has 0 saturated carbocycles. The molecule has 2 aliphatic rings. The van der Waals surface area contributed by atoms with E-state index in [1.807, 2.05) is 57.2 Å². The van der Waals surface area contributed by atoms with Crippen LogP contribution in [0.1, 0.15) is 67.7 Å². The van der Waals surface area contributed by atoms with Crippen molar-refractivity contribution >= 4 is 46.6 Å². The van der Waals surface area contributed by atoms with Crippen molar-refractivity contribution in [1.29, 1.82) is 0 Å². The number of benzene rings is 1. The highest BCUT2D eigenvalue weighted by atomic mass is 35.5. The van der Waals surface area contributed by atoms with Crippen molar-refractivity contribution in [1.82, 2.24) is 24.8 Å². The molecular weight excluding hydrogens is 534 g/mol. The summed E-state index contributed by atoms with van der Waals surface area (Å²) < 4.78 is 5.01. The Balaban J connectivity index is 0.00000172. The van der Waals surface area contributed by atoms with E-state index in [1.54, 1.807) is 16.6 Å². The van der Waals surface area contributed by atoms with E-state index < -0.39 is 6.10 Å². The van der Waals surface area contributed by atoms with Crippen LogP contribution in [0.3, 0.4) is 0 Å². The van der Waals surface area contributed by atoms with Gasteiger partial charge >= 0.3 is 0 Å². The zero-order valence-electron chi connectivity index (χ0n) is 23.4. The first-order valence-corrected chi connectivity index (χ1v) is 15.4. The van der Waals surface area contributed by atoms with Crippen LogP contribution < -0.4 is 14.9 Å². The highest BCUT2D eigenvalue weighted by Crippen LogP contribution is 2.34. The van der Waals surface area contributed by atoms with Gasteiger partial charge < -0.3 is 24.9 Å². The number of aromatic nitrogens is 3. The van der Waals surface area contributed by atoms with Gasteiger partial charge in [-0.05, 0) is 50.9 Å². The van der Waals surface area contributed by atoms with E-state index in [1.165, 1.54) is 11.9 Å². The third-order valence-electron chi connectivity index (χ3n) is 7.21. The standard InChI is InChI=1S/C26H34ClN7O2S.C2H6/c1-4-28-21-14-32(15-23(21)35)25-16(2)13-34-24(29-25)12-20(30-34)22-7-5-6-10-33(22)26(36)18-11-17(27)8-9-19(18)31-37-3;1-2/h8-9,11-13,21-23,28,31,35H,4-7,10,14-15H2,1-3H3;1-2H3. The normalized spacial score (nSPS) is 21.2. The fourth-order valence-corrected chi connectivity index (χ4v) is 6.02. The molecule has 2 aromatic heterocycles. The van der Waals surface area contributed by atoms with Crippen LogP contribution in [0.25, 0.3) is 5.65 Å². The number of rotatable bonds is 7. The van der Waals surface area contributed by atoms with Gasteiger partial charge in [0.1, 0.15) is 5.82 Å². The quantitative estimate of drug-likeness (QED) is 0.342. The van der Waals surface area contributed by atoms with E-state index in [4.69, 9.17) is 21.7 Å². The topological polar surface area (TPSA) is 98.0 Å². The Labute approximate surface area is 240 Å². The lowest BCUT2D eigenvalue weighted by molar-refractivity contribution is 0.0607. The Morgan fingerprint density at radius 2 is 2.03 bits per heavy atom. The second-order valence-electron chi connectivity index (χ2n) is 9.76. The molecule has 4 heterocycles. The highest BCUT2D eigenvalue weighted by Gasteiger charge is 2.34. The summed E-state index contributed by atoms with van der Waals surface area (Å²) in [6.07, 6.45) is 6.30. The van der Waals surface area contributed by atoms with Gasteiger partial charge in [-0.2, -0.15) is 5.10 Å². The predicted octanol–water partition coefficient (Wildman–Crippen LogP) is 4.93. The largest absolute Gasteiger partial charge is 0.390 e. The number of β-amino-alcohol motifs (C(OH)–C–C–N with tert-alkyl or cyclic N) is 1. The fraction of sp³-hybridized carbons (Fsp3) is 0.536. The number of aliphatic hydroxyl groups is 1. The maximum Gasteiger partial charge on any atom is 0.256 e. The lowest BCUT2D eigenvalue weighted by Crippen LogP contribution is -2.39. The maximum absolute atomic E-state index is 13.8. The predicted molar refractivity (Wildman–Crippen MR) is 161 cm³/mol. The van der Waals surface area contributed by atoms with E-state index in [2.05, 4.69) is 14.9 Å². The van der Waals surface area contributed by atoms with Crippen molar-refractivity contribution in [3.05, 3.63) is 52.3 Å². The minimum absolute atomic E-state index is 0.0293. The van der Waals surface area contributed by atoms with Gasteiger partial charge in [0, 0.05) is 48.7 Å². The van der Waals surface area contributed by atoms with Gasteiger partial charge in [-0.1, -0.05) is 44.3 Å². The van der Waals surface area contributed by atoms with Crippen molar-refractivity contribution in [2.24, 2.45) is 0 Å². The monoisotopic (exact) mass is 573 g/mol. The maximum atomic E-state index is 13.8. The van der Waals surface area contributed by atoms with Gasteiger partial charge in [-0.25, -0.2) is 9.50 Å². The average molecular weight is 574 g/mol. The molecule has 1 amide bonds. The number of aryl methyl sites for hydroxylation is 1. The summed E-state index contributed by atoms with van der Waals surface area (Å²) in [6.45, 7) is 10.8. The summed E-state index contributed by atoms with van der Waals surface area (Å²) >= 11 is 7.72. The molecule has 3 unspecified atom stereocenters. The number of anilines is 2. The van der Waals surface area contributed by atoms with Gasteiger partial charge in [-0.15, -0.1) is 0 Å². The summed E-state index contributed by atoms with van der Waals surface area (Å²) in [5, 5.41) is 19.2. The fourth-order valence-electron chi connectivity index (χ4n) is 5.45. The van der Waals surface area contributed by atoms with Crippen LogP contribution >= 0.6 is 23.5 Å². The molecule has 0 spiro atoms. The number of hydrogen-bond acceptors (Lipinski definition) is 8. The molecule has 1 aromatic carbocycles. The number of nitrogens with one attached hydrogen (secondary N) is 2. The van der Waals surface area contributed by atoms with Crippen LogP contribution in [-0.2, 0) is 0 Å². The van der Waals surface area contributed by atoms with Crippen LogP contribution in [0.2, 0.25) is 5.02 Å². The molecule has 0 aliphatic carbocycles. The zero-order valence-corrected chi connectivity index (χ0v) is 25.0. The van der Waals surface area contributed by atoms with E-state index in [9.17, 15) is 9.90 Å². The number of nitrogens with zero attached hydrogens (tertiary/aromatic N) is 5. The summed E-state index contributed by atoms with van der Waals surface area (Å²) in [6, 6.07) is 7.26. The second kappa shape index (κ2) is 13.2. The number of amides is 1. The van der Waals surface area contributed by atoms with E-state index >= 15 is 0 Å². The number of likely N-dealkylation sites (N-methyl/N-ethyl adjacent to an activating group) is 1. The molecule has 2 fully saturated rings. The van der Waals surface area contributed by atoms with Crippen molar-refractivity contribution in [2.45, 2.75) is 65.1 Å². The van der Waals surface area contributed by atoms with Crippen LogP contribution in [-0.4, -0.2) is 75.1 Å². The molecule has 0 bridgehead atoms. The molecule has 0 radical (unpaired) electrons. The van der Waals surface area contributed by atoms with Crippen LogP contribution in [0, 0.1) is 6.92 Å². The van der Waals surface area contributed by atoms with E-state index in [0.29, 0.717) is 30.2 Å². The first kappa shape index (κ1) is 29.5. The Morgan fingerprint density at radius 3 is 2.77 bits per heavy atom. The second-order valence-corrected chi connectivity index (χ2v) is 10.8. The molecule has 3 atom stereocenters. The minimum atomic E-state index is -0.434. The van der Waals surface area contributed by atoms with Crippen LogP contribution in [0.15, 0.2) is 30.5 Å². The number of likely N-dealkylation sites (tertiary alicyclic amines) is 1. The van der Waals surface area contributed by atoms with Crippen molar-refractivity contribution < 1.29 is 9.90 Å². The number of halogens is 1. The zero-order chi connectivity index (χ0) is 28.1. The number of hydrogen-bond donors (Lipinski definition) is 3. The lowest BCUT2D eigenvalue weighted by Gasteiger charge is -2.35. The number of carbonyl (C=O) groups excluding carboxylic acids is 1. The molecule has 212 valence electrons. The summed E-state index contributed by atoms with van der Waals surface area (Å²) in [4.78, 5) is 22.8. The number of aliphatic hydroxyl groups excluding tert-OH is 1. The number of carbonyl (C=O) groups is 1. The Bertz CT molecular complexity index is 1290. The number of piperidine rings is 1. The van der Waals surface area contributed by atoms with Crippen molar-refractivity contribution in [2.75, 3.05) is 42.1 Å². The molecule has 5 rings (SSSR count).